The van der Waals surface area contributed by atoms with E-state index >= 15 is 0 Å². The molecule has 0 bridgehead atoms. The summed E-state index contributed by atoms with van der Waals surface area (Å²) in [5.74, 6) is 0. The Labute approximate surface area is 71.2 Å². The third-order valence-corrected chi connectivity index (χ3v) is 2.18. The average molecular weight is 161 g/mol. The minimum absolute atomic E-state index is 0.0278. The SMILES string of the molecule is CC.CC[C@@](C)(CO)N(C)C. The summed E-state index contributed by atoms with van der Waals surface area (Å²) < 4.78 is 0. The molecule has 1 N–H and O–H groups in total. The third kappa shape index (κ3) is 4.38. The molecule has 11 heavy (non-hydrogen) atoms. The molecule has 0 aliphatic heterocycles. The van der Waals surface area contributed by atoms with E-state index in [-0.39, 0.29) is 12.1 Å². The molecule has 0 aliphatic carbocycles. The maximum atomic E-state index is 8.91. The minimum Gasteiger partial charge on any atom is -0.394 e. The van der Waals surface area contributed by atoms with E-state index in [0.717, 1.165) is 6.42 Å². The maximum Gasteiger partial charge on any atom is 0.0612 e. The molecule has 0 saturated carbocycles. The van der Waals surface area contributed by atoms with E-state index in [9.17, 15) is 0 Å². The number of likely N-dealkylation sites (N-methyl/N-ethyl adjacent to an activating group) is 1. The number of rotatable bonds is 3. The summed E-state index contributed by atoms with van der Waals surface area (Å²) in [6.45, 7) is 8.36. The van der Waals surface area contributed by atoms with Crippen molar-refractivity contribution in [3.8, 4) is 0 Å². The number of nitrogens with zero attached hydrogens (tertiary/aromatic N) is 1. The van der Waals surface area contributed by atoms with Crippen LogP contribution in [-0.2, 0) is 0 Å². The number of hydrogen-bond donors (Lipinski definition) is 1. The van der Waals surface area contributed by atoms with E-state index in [1.54, 1.807) is 0 Å². The van der Waals surface area contributed by atoms with Crippen LogP contribution in [0.2, 0.25) is 0 Å². The smallest absolute Gasteiger partial charge is 0.0612 e. The molecule has 0 fully saturated rings. The van der Waals surface area contributed by atoms with Crippen molar-refractivity contribution in [3.05, 3.63) is 0 Å². The zero-order valence-electron chi connectivity index (χ0n) is 8.81. The molecule has 2 nitrogen and oxygen atoms in total. The second-order valence-corrected chi connectivity index (χ2v) is 2.90. The van der Waals surface area contributed by atoms with Crippen molar-refractivity contribution >= 4 is 0 Å². The molecule has 0 aromatic heterocycles. The fourth-order valence-corrected chi connectivity index (χ4v) is 0.569. The van der Waals surface area contributed by atoms with Gasteiger partial charge in [-0.1, -0.05) is 20.8 Å². The van der Waals surface area contributed by atoms with Crippen LogP contribution in [0, 0.1) is 0 Å². The quantitative estimate of drug-likeness (QED) is 0.681. The first kappa shape index (κ1) is 13.5. The van der Waals surface area contributed by atoms with Gasteiger partial charge in [0.1, 0.15) is 0 Å². The van der Waals surface area contributed by atoms with E-state index < -0.39 is 0 Å². The van der Waals surface area contributed by atoms with Crippen molar-refractivity contribution in [2.45, 2.75) is 39.7 Å². The van der Waals surface area contributed by atoms with Gasteiger partial charge < -0.3 is 10.0 Å². The number of aliphatic hydroxyl groups excluding tert-OH is 1. The summed E-state index contributed by atoms with van der Waals surface area (Å²) in [7, 11) is 3.97. The molecule has 0 aliphatic rings. The Kier molecular flexibility index (Phi) is 8.13. The van der Waals surface area contributed by atoms with Gasteiger partial charge in [-0.3, -0.25) is 0 Å². The third-order valence-electron chi connectivity index (χ3n) is 2.18. The zero-order chi connectivity index (χ0) is 9.49. The van der Waals surface area contributed by atoms with Crippen LogP contribution < -0.4 is 0 Å². The number of hydrogen-bond acceptors (Lipinski definition) is 2. The van der Waals surface area contributed by atoms with Crippen LogP contribution in [0.3, 0.4) is 0 Å². The lowest BCUT2D eigenvalue weighted by atomic mass is 9.99. The summed E-state index contributed by atoms with van der Waals surface area (Å²) >= 11 is 0. The largest absolute Gasteiger partial charge is 0.394 e. The molecule has 70 valence electrons. The van der Waals surface area contributed by atoms with Crippen molar-refractivity contribution in [3.63, 3.8) is 0 Å². The molecule has 0 aromatic carbocycles. The fourth-order valence-electron chi connectivity index (χ4n) is 0.569. The van der Waals surface area contributed by atoms with Crippen LogP contribution in [0.25, 0.3) is 0 Å². The van der Waals surface area contributed by atoms with Crippen molar-refractivity contribution in [1.29, 1.82) is 0 Å². The minimum atomic E-state index is -0.0278. The highest BCUT2D eigenvalue weighted by Crippen LogP contribution is 2.13. The van der Waals surface area contributed by atoms with Crippen LogP contribution in [0.4, 0.5) is 0 Å². The molecular formula is C9H23NO. The Morgan fingerprint density at radius 3 is 1.64 bits per heavy atom. The Morgan fingerprint density at radius 1 is 1.27 bits per heavy atom. The Balaban J connectivity index is 0. The van der Waals surface area contributed by atoms with Crippen molar-refractivity contribution in [1.82, 2.24) is 4.90 Å². The van der Waals surface area contributed by atoms with Gasteiger partial charge in [0, 0.05) is 5.54 Å². The van der Waals surface area contributed by atoms with E-state index in [1.807, 2.05) is 39.8 Å². The molecule has 0 amide bonds. The standard InChI is InChI=1S/C7H17NO.C2H6/c1-5-7(2,6-9)8(3)4;1-2/h9H,5-6H2,1-4H3;1-2H3/t7-;/m0./s1. The van der Waals surface area contributed by atoms with E-state index in [1.165, 1.54) is 0 Å². The highest BCUT2D eigenvalue weighted by Gasteiger charge is 2.22. The highest BCUT2D eigenvalue weighted by molar-refractivity contribution is 4.79. The number of aliphatic hydroxyl groups is 1. The topological polar surface area (TPSA) is 23.5 Å². The molecule has 0 radical (unpaired) electrons. The molecule has 0 aromatic rings. The van der Waals surface area contributed by atoms with Crippen LogP contribution >= 0.6 is 0 Å². The summed E-state index contributed by atoms with van der Waals surface area (Å²) in [6, 6.07) is 0. The van der Waals surface area contributed by atoms with Crippen LogP contribution in [0.15, 0.2) is 0 Å². The average Bonchev–Trinajstić information content (AvgIpc) is 2.06. The van der Waals surface area contributed by atoms with Gasteiger partial charge in [0.15, 0.2) is 0 Å². The first-order valence-corrected chi connectivity index (χ1v) is 4.35. The van der Waals surface area contributed by atoms with Gasteiger partial charge >= 0.3 is 0 Å². The fraction of sp³-hybridized carbons (Fsp3) is 1.00. The van der Waals surface area contributed by atoms with E-state index in [4.69, 9.17) is 5.11 Å². The normalized spacial score (nSPS) is 15.3. The van der Waals surface area contributed by atoms with Crippen LogP contribution in [-0.4, -0.2) is 36.2 Å². The molecule has 0 unspecified atom stereocenters. The Bertz CT molecular complexity index is 77.6. The van der Waals surface area contributed by atoms with Crippen LogP contribution in [0.1, 0.15) is 34.1 Å². The Hall–Kier alpha value is -0.0800. The lowest BCUT2D eigenvalue weighted by Gasteiger charge is -2.33. The van der Waals surface area contributed by atoms with Crippen molar-refractivity contribution in [2.24, 2.45) is 0 Å². The summed E-state index contributed by atoms with van der Waals surface area (Å²) in [4.78, 5) is 2.05. The molecule has 0 heterocycles. The van der Waals surface area contributed by atoms with Gasteiger partial charge in [0.05, 0.1) is 6.61 Å². The van der Waals surface area contributed by atoms with Gasteiger partial charge in [-0.15, -0.1) is 0 Å². The summed E-state index contributed by atoms with van der Waals surface area (Å²) in [5, 5.41) is 8.91. The van der Waals surface area contributed by atoms with Crippen molar-refractivity contribution < 1.29 is 5.11 Å². The molecule has 2 heteroatoms. The highest BCUT2D eigenvalue weighted by atomic mass is 16.3. The second kappa shape index (κ2) is 6.62. The first-order chi connectivity index (χ1) is 5.06. The summed E-state index contributed by atoms with van der Waals surface area (Å²) in [6.07, 6.45) is 0.983. The van der Waals surface area contributed by atoms with Gasteiger partial charge in [0.2, 0.25) is 0 Å². The predicted octanol–water partition coefficient (Wildman–Crippen LogP) is 1.74. The van der Waals surface area contributed by atoms with Gasteiger partial charge in [-0.2, -0.15) is 0 Å². The van der Waals surface area contributed by atoms with Crippen LogP contribution in [0.5, 0.6) is 0 Å². The lowest BCUT2D eigenvalue weighted by Crippen LogP contribution is -2.43. The lowest BCUT2D eigenvalue weighted by molar-refractivity contribution is 0.0807. The van der Waals surface area contributed by atoms with E-state index in [0.29, 0.717) is 0 Å². The van der Waals surface area contributed by atoms with Gasteiger partial charge in [0.25, 0.3) is 0 Å². The van der Waals surface area contributed by atoms with Gasteiger partial charge in [-0.25, -0.2) is 0 Å². The molecular weight excluding hydrogens is 138 g/mol. The molecule has 0 spiro atoms. The molecule has 0 saturated heterocycles. The monoisotopic (exact) mass is 161 g/mol. The van der Waals surface area contributed by atoms with E-state index in [2.05, 4.69) is 6.92 Å². The molecule has 0 rings (SSSR count). The zero-order valence-corrected chi connectivity index (χ0v) is 8.81. The molecule has 1 atom stereocenters. The summed E-state index contributed by atoms with van der Waals surface area (Å²) in [5.41, 5.74) is -0.0278. The second-order valence-electron chi connectivity index (χ2n) is 2.90. The maximum absolute atomic E-state index is 8.91. The predicted molar refractivity (Wildman–Crippen MR) is 50.8 cm³/mol. The van der Waals surface area contributed by atoms with Crippen molar-refractivity contribution in [2.75, 3.05) is 20.7 Å². The Morgan fingerprint density at radius 2 is 1.64 bits per heavy atom. The van der Waals surface area contributed by atoms with Gasteiger partial charge in [-0.05, 0) is 27.4 Å². The first-order valence-electron chi connectivity index (χ1n) is 4.35.